The molecule has 1 aromatic rings. The lowest BCUT2D eigenvalue weighted by Gasteiger charge is -2.22. The Morgan fingerprint density at radius 3 is 2.58 bits per heavy atom. The van der Waals surface area contributed by atoms with Crippen molar-refractivity contribution in [1.29, 1.82) is 5.26 Å². The molecule has 0 aliphatic heterocycles. The molecule has 1 amide bonds. The van der Waals surface area contributed by atoms with Crippen LogP contribution in [-0.2, 0) is 15.7 Å². The Kier molecular flexibility index (Phi) is 4.83. The van der Waals surface area contributed by atoms with Crippen LogP contribution in [0.3, 0.4) is 0 Å². The van der Waals surface area contributed by atoms with E-state index in [1.165, 1.54) is 6.07 Å². The molecule has 1 aliphatic carbocycles. The van der Waals surface area contributed by atoms with Gasteiger partial charge in [-0.25, -0.2) is 4.79 Å². The lowest BCUT2D eigenvalue weighted by Crippen LogP contribution is -2.48. The van der Waals surface area contributed by atoms with Crippen molar-refractivity contribution in [2.24, 2.45) is 5.92 Å². The fraction of sp³-hybridized carbons (Fsp3) is 0.438. The van der Waals surface area contributed by atoms with Crippen molar-refractivity contribution in [3.63, 3.8) is 0 Å². The zero-order valence-electron chi connectivity index (χ0n) is 12.8. The van der Waals surface area contributed by atoms with E-state index in [0.29, 0.717) is 6.07 Å². The van der Waals surface area contributed by atoms with Gasteiger partial charge >= 0.3 is 12.1 Å². The average molecular weight is 340 g/mol. The van der Waals surface area contributed by atoms with Crippen LogP contribution in [-0.4, -0.2) is 24.0 Å². The van der Waals surface area contributed by atoms with Crippen LogP contribution in [0.5, 0.6) is 0 Å². The predicted octanol–water partition coefficient (Wildman–Crippen LogP) is 2.67. The lowest BCUT2D eigenvalue weighted by atomic mass is 9.98. The Morgan fingerprint density at radius 2 is 2.04 bits per heavy atom. The van der Waals surface area contributed by atoms with Gasteiger partial charge in [-0.05, 0) is 43.9 Å². The van der Waals surface area contributed by atoms with Gasteiger partial charge in [0.25, 0.3) is 5.91 Å². The first-order valence-electron chi connectivity index (χ1n) is 7.22. The number of rotatable bonds is 5. The molecule has 2 rings (SSSR count). The van der Waals surface area contributed by atoms with E-state index in [4.69, 9.17) is 10.00 Å². The maximum atomic E-state index is 12.6. The minimum Gasteiger partial charge on any atom is -0.452 e. The molecule has 0 spiro atoms. The molecule has 1 N–H and O–H groups in total. The Labute approximate surface area is 136 Å². The number of nitriles is 1. The van der Waals surface area contributed by atoms with Gasteiger partial charge in [-0.1, -0.05) is 6.07 Å². The van der Waals surface area contributed by atoms with Crippen LogP contribution in [0.15, 0.2) is 24.3 Å². The smallest absolute Gasteiger partial charge is 0.416 e. The number of benzene rings is 1. The van der Waals surface area contributed by atoms with Crippen molar-refractivity contribution in [2.45, 2.75) is 31.5 Å². The molecule has 0 aromatic heterocycles. The van der Waals surface area contributed by atoms with E-state index in [0.717, 1.165) is 25.0 Å². The van der Waals surface area contributed by atoms with E-state index in [2.05, 4.69) is 5.32 Å². The minimum atomic E-state index is -4.58. The molecule has 0 bridgehead atoms. The first-order valence-corrected chi connectivity index (χ1v) is 7.22. The van der Waals surface area contributed by atoms with Crippen LogP contribution in [0.1, 0.15) is 35.7 Å². The number of nitrogens with zero attached hydrogens (tertiary/aromatic N) is 1. The fourth-order valence-corrected chi connectivity index (χ4v) is 2.24. The molecule has 1 saturated carbocycles. The highest BCUT2D eigenvalue weighted by Gasteiger charge is 2.43. The van der Waals surface area contributed by atoms with E-state index in [1.54, 1.807) is 6.92 Å². The average Bonchev–Trinajstić information content (AvgIpc) is 3.37. The van der Waals surface area contributed by atoms with Crippen molar-refractivity contribution < 1.29 is 27.5 Å². The van der Waals surface area contributed by atoms with E-state index < -0.39 is 35.8 Å². The lowest BCUT2D eigenvalue weighted by molar-refractivity contribution is -0.137. The maximum absolute atomic E-state index is 12.6. The van der Waals surface area contributed by atoms with E-state index in [9.17, 15) is 22.8 Å². The summed E-state index contributed by atoms with van der Waals surface area (Å²) in [7, 11) is 0. The maximum Gasteiger partial charge on any atom is 0.416 e. The molecule has 1 fully saturated rings. The van der Waals surface area contributed by atoms with Crippen LogP contribution in [0, 0.1) is 17.2 Å². The summed E-state index contributed by atoms with van der Waals surface area (Å²) in [6.45, 7) is 0.913. The first-order chi connectivity index (χ1) is 11.2. The Bertz CT molecular complexity index is 693. The summed E-state index contributed by atoms with van der Waals surface area (Å²) in [5, 5.41) is 11.6. The molecule has 0 heterocycles. The molecule has 1 atom stereocenters. The summed E-state index contributed by atoms with van der Waals surface area (Å²) in [6.07, 6.45) is -2.92. The number of amides is 1. The number of carbonyl (C=O) groups is 2. The van der Waals surface area contributed by atoms with E-state index in [1.807, 2.05) is 6.07 Å². The number of halogens is 3. The normalized spacial score (nSPS) is 16.6. The summed E-state index contributed by atoms with van der Waals surface area (Å²) in [5.41, 5.74) is -2.31. The highest BCUT2D eigenvalue weighted by atomic mass is 19.4. The van der Waals surface area contributed by atoms with Crippen molar-refractivity contribution in [2.75, 3.05) is 6.61 Å². The molecule has 8 heteroatoms. The molecule has 24 heavy (non-hydrogen) atoms. The van der Waals surface area contributed by atoms with E-state index >= 15 is 0 Å². The number of esters is 1. The van der Waals surface area contributed by atoms with Crippen molar-refractivity contribution in [3.05, 3.63) is 35.4 Å². The van der Waals surface area contributed by atoms with Gasteiger partial charge < -0.3 is 10.1 Å². The number of alkyl halides is 3. The topological polar surface area (TPSA) is 79.2 Å². The van der Waals surface area contributed by atoms with Gasteiger partial charge in [-0.2, -0.15) is 18.4 Å². The molecule has 1 aromatic carbocycles. The fourth-order valence-electron chi connectivity index (χ4n) is 2.24. The zero-order chi connectivity index (χ0) is 18.0. The standard InChI is InChI=1S/C16H15F3N2O3/c1-15(9-20,11-5-6-11)21-13(22)8-24-14(23)10-3-2-4-12(7-10)16(17,18)19/h2-4,7,11H,5-6,8H2,1H3,(H,21,22)/t15-/m0/s1. The van der Waals surface area contributed by atoms with Gasteiger partial charge in [0, 0.05) is 0 Å². The number of nitrogens with one attached hydrogen (secondary N) is 1. The molecule has 5 nitrogen and oxygen atoms in total. The van der Waals surface area contributed by atoms with Gasteiger partial charge in [0.05, 0.1) is 17.2 Å². The molecule has 0 radical (unpaired) electrons. The minimum absolute atomic E-state index is 0.0608. The van der Waals surface area contributed by atoms with Gasteiger partial charge in [0.15, 0.2) is 6.61 Å². The predicted molar refractivity (Wildman–Crippen MR) is 76.6 cm³/mol. The number of hydrogen-bond donors (Lipinski definition) is 1. The second-order valence-corrected chi connectivity index (χ2v) is 5.79. The summed E-state index contributed by atoms with van der Waals surface area (Å²) in [6, 6.07) is 5.75. The number of hydrogen-bond acceptors (Lipinski definition) is 4. The first kappa shape index (κ1) is 17.8. The second kappa shape index (κ2) is 6.51. The quantitative estimate of drug-likeness (QED) is 0.836. The van der Waals surface area contributed by atoms with Crippen LogP contribution in [0.4, 0.5) is 13.2 Å². The van der Waals surface area contributed by atoms with Crippen molar-refractivity contribution in [3.8, 4) is 6.07 Å². The molecule has 0 saturated heterocycles. The molecule has 0 unspecified atom stereocenters. The van der Waals surface area contributed by atoms with Gasteiger partial charge in [-0.15, -0.1) is 0 Å². The summed E-state index contributed by atoms with van der Waals surface area (Å²) >= 11 is 0. The largest absolute Gasteiger partial charge is 0.452 e. The van der Waals surface area contributed by atoms with Crippen LogP contribution < -0.4 is 5.32 Å². The Morgan fingerprint density at radius 1 is 1.38 bits per heavy atom. The Hall–Kier alpha value is -2.56. The summed E-state index contributed by atoms with van der Waals surface area (Å²) < 4.78 is 42.5. The molecular formula is C16H15F3N2O3. The molecule has 128 valence electrons. The third-order valence-corrected chi connectivity index (χ3v) is 3.79. The molecule has 1 aliphatic rings. The number of ether oxygens (including phenoxy) is 1. The third kappa shape index (κ3) is 4.25. The Balaban J connectivity index is 1.93. The monoisotopic (exact) mass is 340 g/mol. The molecular weight excluding hydrogens is 325 g/mol. The second-order valence-electron chi connectivity index (χ2n) is 5.79. The van der Waals surface area contributed by atoms with Crippen LogP contribution in [0.25, 0.3) is 0 Å². The van der Waals surface area contributed by atoms with Crippen LogP contribution >= 0.6 is 0 Å². The van der Waals surface area contributed by atoms with Crippen molar-refractivity contribution in [1.82, 2.24) is 5.32 Å². The van der Waals surface area contributed by atoms with Crippen molar-refractivity contribution >= 4 is 11.9 Å². The summed E-state index contributed by atoms with van der Waals surface area (Å²) in [5.74, 6) is -1.65. The van der Waals surface area contributed by atoms with Gasteiger partial charge in [0.2, 0.25) is 0 Å². The third-order valence-electron chi connectivity index (χ3n) is 3.79. The zero-order valence-corrected chi connectivity index (χ0v) is 12.8. The van der Waals surface area contributed by atoms with Gasteiger partial charge in [-0.3, -0.25) is 4.79 Å². The highest BCUT2D eigenvalue weighted by molar-refractivity contribution is 5.91. The van der Waals surface area contributed by atoms with E-state index in [-0.39, 0.29) is 11.5 Å². The number of carbonyl (C=O) groups excluding carboxylic acids is 2. The van der Waals surface area contributed by atoms with Crippen LogP contribution in [0.2, 0.25) is 0 Å². The summed E-state index contributed by atoms with van der Waals surface area (Å²) in [4.78, 5) is 23.6. The van der Waals surface area contributed by atoms with Gasteiger partial charge in [0.1, 0.15) is 5.54 Å². The SMILES string of the molecule is C[C@@](C#N)(NC(=O)COC(=O)c1cccc(C(F)(F)F)c1)C1CC1. The highest BCUT2D eigenvalue weighted by Crippen LogP contribution is 2.39.